The predicted octanol–water partition coefficient (Wildman–Crippen LogP) is 2.66. The largest absolute Gasteiger partial charge is 0.302 e. The van der Waals surface area contributed by atoms with Crippen LogP contribution in [0.4, 0.5) is 0 Å². The first kappa shape index (κ1) is 12.9. The Balaban J connectivity index is 3.27. The van der Waals surface area contributed by atoms with Crippen molar-refractivity contribution in [2.45, 2.75) is 27.7 Å². The van der Waals surface area contributed by atoms with Crippen molar-refractivity contribution in [3.63, 3.8) is 0 Å². The van der Waals surface area contributed by atoms with Crippen LogP contribution >= 0.6 is 0 Å². The van der Waals surface area contributed by atoms with Gasteiger partial charge in [0.1, 0.15) is 0 Å². The van der Waals surface area contributed by atoms with Gasteiger partial charge in [0.25, 0.3) is 0 Å². The Kier molecular flexibility index (Phi) is 3.87. The summed E-state index contributed by atoms with van der Waals surface area (Å²) in [6, 6.07) is 2.15. The Morgan fingerprint density at radius 3 is 1.88 bits per heavy atom. The van der Waals surface area contributed by atoms with Gasteiger partial charge >= 0.3 is 0 Å². The molecule has 1 rings (SSSR count). The van der Waals surface area contributed by atoms with Crippen molar-refractivity contribution >= 4 is 5.78 Å². The monoisotopic (exact) mass is 219 g/mol. The molecule has 88 valence electrons. The summed E-state index contributed by atoms with van der Waals surface area (Å²) >= 11 is 0. The molecular formula is C14H21NO. The van der Waals surface area contributed by atoms with Crippen molar-refractivity contribution < 1.29 is 4.79 Å². The molecule has 0 fully saturated rings. The lowest BCUT2D eigenvalue weighted by atomic mass is 9.91. The minimum absolute atomic E-state index is 0.215. The molecule has 0 aromatic heterocycles. The van der Waals surface area contributed by atoms with Crippen molar-refractivity contribution in [2.75, 3.05) is 20.6 Å². The van der Waals surface area contributed by atoms with Crippen LogP contribution in [0.25, 0.3) is 0 Å². The highest BCUT2D eigenvalue weighted by Crippen LogP contribution is 2.22. The summed E-state index contributed by atoms with van der Waals surface area (Å²) in [6.45, 7) is 8.67. The normalized spacial score (nSPS) is 10.9. The van der Waals surface area contributed by atoms with Gasteiger partial charge in [-0.1, -0.05) is 6.07 Å². The molecule has 0 saturated carbocycles. The lowest BCUT2D eigenvalue weighted by Gasteiger charge is -2.16. The second kappa shape index (κ2) is 4.79. The Hall–Kier alpha value is -1.15. The first-order valence-corrected chi connectivity index (χ1v) is 5.60. The zero-order valence-corrected chi connectivity index (χ0v) is 11.1. The van der Waals surface area contributed by atoms with Crippen molar-refractivity contribution in [1.29, 1.82) is 0 Å². The van der Waals surface area contributed by atoms with Crippen LogP contribution in [0.5, 0.6) is 0 Å². The number of likely N-dealkylation sites (N-methyl/N-ethyl adjacent to an activating group) is 1. The van der Waals surface area contributed by atoms with Crippen molar-refractivity contribution in [2.24, 2.45) is 0 Å². The third-order valence-electron chi connectivity index (χ3n) is 3.10. The van der Waals surface area contributed by atoms with Crippen molar-refractivity contribution in [3.8, 4) is 0 Å². The first-order valence-electron chi connectivity index (χ1n) is 5.60. The molecule has 1 aromatic rings. The summed E-state index contributed by atoms with van der Waals surface area (Å²) in [7, 11) is 3.84. The lowest BCUT2D eigenvalue weighted by molar-refractivity contribution is 0.0956. The lowest BCUT2D eigenvalue weighted by Crippen LogP contribution is -2.23. The molecular weight excluding hydrogens is 198 g/mol. The van der Waals surface area contributed by atoms with Crippen LogP contribution < -0.4 is 0 Å². The van der Waals surface area contributed by atoms with Gasteiger partial charge < -0.3 is 4.90 Å². The molecule has 2 nitrogen and oxygen atoms in total. The molecule has 0 bridgehead atoms. The molecule has 0 aliphatic heterocycles. The van der Waals surface area contributed by atoms with Crippen LogP contribution in [0.3, 0.4) is 0 Å². The van der Waals surface area contributed by atoms with E-state index >= 15 is 0 Å². The molecule has 0 spiro atoms. The van der Waals surface area contributed by atoms with E-state index in [1.807, 2.05) is 32.8 Å². The second-order valence-corrected chi connectivity index (χ2v) is 4.80. The molecule has 2 heteroatoms. The molecule has 0 aliphatic carbocycles. The average molecular weight is 219 g/mol. The van der Waals surface area contributed by atoms with Gasteiger partial charge in [0.15, 0.2) is 5.78 Å². The summed E-state index contributed by atoms with van der Waals surface area (Å²) in [4.78, 5) is 14.1. The maximum Gasteiger partial charge on any atom is 0.177 e. The average Bonchev–Trinajstić information content (AvgIpc) is 2.14. The number of carbonyl (C=O) groups is 1. The third-order valence-corrected chi connectivity index (χ3v) is 3.10. The highest BCUT2D eigenvalue weighted by molar-refractivity contribution is 6.00. The fraction of sp³-hybridized carbons (Fsp3) is 0.500. The molecule has 0 amide bonds. The fourth-order valence-electron chi connectivity index (χ4n) is 2.00. The van der Waals surface area contributed by atoms with Crippen LogP contribution in [0.15, 0.2) is 6.07 Å². The van der Waals surface area contributed by atoms with Gasteiger partial charge in [-0.25, -0.2) is 0 Å². The Bertz CT molecular complexity index is 393. The summed E-state index contributed by atoms with van der Waals surface area (Å²) in [6.07, 6.45) is 0. The molecule has 0 radical (unpaired) electrons. The smallest absolute Gasteiger partial charge is 0.177 e. The summed E-state index contributed by atoms with van der Waals surface area (Å²) in [5, 5.41) is 0. The van der Waals surface area contributed by atoms with E-state index in [-0.39, 0.29) is 5.78 Å². The highest BCUT2D eigenvalue weighted by Gasteiger charge is 2.15. The van der Waals surface area contributed by atoms with Gasteiger partial charge in [-0.15, -0.1) is 0 Å². The maximum atomic E-state index is 12.2. The van der Waals surface area contributed by atoms with E-state index in [1.54, 1.807) is 0 Å². The number of rotatable bonds is 3. The second-order valence-electron chi connectivity index (χ2n) is 4.80. The van der Waals surface area contributed by atoms with Gasteiger partial charge in [-0.2, -0.15) is 0 Å². The first-order chi connectivity index (χ1) is 7.34. The van der Waals surface area contributed by atoms with Gasteiger partial charge in [0.2, 0.25) is 0 Å². The quantitative estimate of drug-likeness (QED) is 0.728. The summed E-state index contributed by atoms with van der Waals surface area (Å²) in [5.41, 5.74) is 5.55. The van der Waals surface area contributed by atoms with Gasteiger partial charge in [0, 0.05) is 5.56 Å². The fourth-order valence-corrected chi connectivity index (χ4v) is 2.00. The number of aryl methyl sites for hydroxylation is 2. The number of benzene rings is 1. The van der Waals surface area contributed by atoms with Crippen molar-refractivity contribution in [1.82, 2.24) is 4.90 Å². The molecule has 0 saturated heterocycles. The number of Topliss-reactive ketones (excluding diaryl/α,β-unsaturated/α-hetero) is 1. The molecule has 1 aromatic carbocycles. The molecule has 0 aliphatic rings. The Labute approximate surface area is 98.3 Å². The predicted molar refractivity (Wildman–Crippen MR) is 68.3 cm³/mol. The van der Waals surface area contributed by atoms with Gasteiger partial charge in [-0.3, -0.25) is 4.79 Å². The standard InChI is InChI=1S/C14H21NO/c1-9-7-10(2)12(4)14(11(9)3)13(16)8-15(5)6/h7H,8H2,1-6H3. The van der Waals surface area contributed by atoms with Crippen LogP contribution in [-0.2, 0) is 0 Å². The van der Waals surface area contributed by atoms with Crippen molar-refractivity contribution in [3.05, 3.63) is 33.9 Å². The summed E-state index contributed by atoms with van der Waals surface area (Å²) in [5.74, 6) is 0.215. The Morgan fingerprint density at radius 1 is 1.06 bits per heavy atom. The molecule has 16 heavy (non-hydrogen) atoms. The number of hydrogen-bond donors (Lipinski definition) is 0. The van der Waals surface area contributed by atoms with Gasteiger partial charge in [-0.05, 0) is 64.0 Å². The van der Waals surface area contributed by atoms with E-state index in [0.717, 1.165) is 16.7 Å². The molecule has 0 N–H and O–H groups in total. The van der Waals surface area contributed by atoms with E-state index in [1.165, 1.54) is 11.1 Å². The topological polar surface area (TPSA) is 20.3 Å². The van der Waals surface area contributed by atoms with Gasteiger partial charge in [0.05, 0.1) is 6.54 Å². The number of nitrogens with zero attached hydrogens (tertiary/aromatic N) is 1. The SMILES string of the molecule is Cc1cc(C)c(C)c(C(=O)CN(C)C)c1C. The van der Waals surface area contributed by atoms with Crippen LogP contribution in [0.2, 0.25) is 0 Å². The zero-order valence-electron chi connectivity index (χ0n) is 11.1. The number of carbonyl (C=O) groups excluding carboxylic acids is 1. The molecule has 0 heterocycles. The number of ketones is 1. The van der Waals surface area contributed by atoms with E-state index in [4.69, 9.17) is 0 Å². The van der Waals surface area contributed by atoms with E-state index in [9.17, 15) is 4.79 Å². The Morgan fingerprint density at radius 2 is 1.50 bits per heavy atom. The molecule has 0 atom stereocenters. The highest BCUT2D eigenvalue weighted by atomic mass is 16.1. The van der Waals surface area contributed by atoms with E-state index in [0.29, 0.717) is 6.54 Å². The summed E-state index contributed by atoms with van der Waals surface area (Å²) < 4.78 is 0. The van der Waals surface area contributed by atoms with Crippen LogP contribution in [0.1, 0.15) is 32.6 Å². The minimum Gasteiger partial charge on any atom is -0.302 e. The number of hydrogen-bond acceptors (Lipinski definition) is 2. The van der Waals surface area contributed by atoms with Crippen LogP contribution in [0, 0.1) is 27.7 Å². The van der Waals surface area contributed by atoms with E-state index in [2.05, 4.69) is 19.9 Å². The molecule has 0 unspecified atom stereocenters. The maximum absolute atomic E-state index is 12.2. The van der Waals surface area contributed by atoms with Crippen LogP contribution in [-0.4, -0.2) is 31.3 Å². The zero-order chi connectivity index (χ0) is 12.5. The van der Waals surface area contributed by atoms with E-state index < -0.39 is 0 Å². The minimum atomic E-state index is 0.215. The third kappa shape index (κ3) is 2.50.